The normalized spacial score (nSPS) is 10.4. The number of carbonyl (C=O) groups is 1. The van der Waals surface area contributed by atoms with E-state index in [1.165, 1.54) is 0 Å². The Balaban J connectivity index is 0. The maximum Gasteiger partial charge on any atom is 0.330 e. The Morgan fingerprint density at radius 1 is 1.38 bits per heavy atom. The van der Waals surface area contributed by atoms with E-state index in [0.717, 1.165) is 17.4 Å². The standard InChI is InChI=1S/C9H17NO2.ClH/c1-8(9(11)12)6-5-7-10(2,3)4;/h1,5-7H2,2-4H3;1H/p+1. The Labute approximate surface area is 86.0 Å². The van der Waals surface area contributed by atoms with E-state index in [-0.39, 0.29) is 12.4 Å². The van der Waals surface area contributed by atoms with Crippen molar-refractivity contribution in [1.29, 1.82) is 0 Å². The predicted octanol–water partition coefficient (Wildman–Crippen LogP) is 1.54. The van der Waals surface area contributed by atoms with Crippen molar-refractivity contribution in [3.8, 4) is 0 Å². The minimum atomic E-state index is -0.878. The van der Waals surface area contributed by atoms with E-state index in [4.69, 9.17) is 5.11 Å². The fraction of sp³-hybridized carbons (Fsp3) is 0.667. The van der Waals surface area contributed by atoms with Gasteiger partial charge in [-0.15, -0.1) is 12.4 Å². The second-order valence-electron chi connectivity index (χ2n) is 4.03. The van der Waals surface area contributed by atoms with Crippen LogP contribution in [0.15, 0.2) is 12.2 Å². The lowest BCUT2D eigenvalue weighted by molar-refractivity contribution is -0.870. The van der Waals surface area contributed by atoms with Crippen LogP contribution in [0.25, 0.3) is 0 Å². The first kappa shape index (κ1) is 15.0. The van der Waals surface area contributed by atoms with Gasteiger partial charge in [0.1, 0.15) is 0 Å². The van der Waals surface area contributed by atoms with E-state index in [2.05, 4.69) is 27.7 Å². The number of halogens is 1. The molecule has 0 aliphatic carbocycles. The highest BCUT2D eigenvalue weighted by atomic mass is 35.5. The largest absolute Gasteiger partial charge is 0.478 e. The Morgan fingerprint density at radius 3 is 2.15 bits per heavy atom. The molecule has 0 unspecified atom stereocenters. The number of rotatable bonds is 5. The summed E-state index contributed by atoms with van der Waals surface area (Å²) in [7, 11) is 6.26. The molecular formula is C9H19ClNO2+. The lowest BCUT2D eigenvalue weighted by Gasteiger charge is -2.23. The summed E-state index contributed by atoms with van der Waals surface area (Å²) in [6.45, 7) is 4.45. The van der Waals surface area contributed by atoms with Gasteiger partial charge in [0, 0.05) is 12.0 Å². The summed E-state index contributed by atoms with van der Waals surface area (Å²) in [5, 5.41) is 8.51. The third-order valence-electron chi connectivity index (χ3n) is 1.61. The van der Waals surface area contributed by atoms with Crippen LogP contribution in [0.1, 0.15) is 12.8 Å². The van der Waals surface area contributed by atoms with Crippen LogP contribution in [0, 0.1) is 0 Å². The van der Waals surface area contributed by atoms with Crippen LogP contribution in [-0.4, -0.2) is 43.2 Å². The van der Waals surface area contributed by atoms with Crippen molar-refractivity contribution in [2.45, 2.75) is 12.8 Å². The van der Waals surface area contributed by atoms with E-state index < -0.39 is 5.97 Å². The molecule has 0 aromatic heterocycles. The lowest BCUT2D eigenvalue weighted by Crippen LogP contribution is -2.35. The SMILES string of the molecule is C=C(CCC[N+](C)(C)C)C(=O)O.Cl. The molecule has 0 saturated carbocycles. The van der Waals surface area contributed by atoms with E-state index in [9.17, 15) is 4.79 Å². The number of hydrogen-bond donors (Lipinski definition) is 1. The lowest BCUT2D eigenvalue weighted by atomic mass is 10.1. The first-order valence-electron chi connectivity index (χ1n) is 4.04. The number of nitrogens with zero attached hydrogens (tertiary/aromatic N) is 1. The molecule has 3 nitrogen and oxygen atoms in total. The third-order valence-corrected chi connectivity index (χ3v) is 1.61. The van der Waals surface area contributed by atoms with Crippen LogP contribution in [0.3, 0.4) is 0 Å². The molecule has 0 amide bonds. The second kappa shape index (κ2) is 6.00. The minimum Gasteiger partial charge on any atom is -0.478 e. The monoisotopic (exact) mass is 208 g/mol. The van der Waals surface area contributed by atoms with Crippen LogP contribution < -0.4 is 0 Å². The van der Waals surface area contributed by atoms with Gasteiger partial charge in [-0.05, 0) is 6.42 Å². The second-order valence-corrected chi connectivity index (χ2v) is 4.03. The zero-order valence-electron chi connectivity index (χ0n) is 8.54. The summed E-state index contributed by atoms with van der Waals surface area (Å²) < 4.78 is 0.868. The first-order valence-corrected chi connectivity index (χ1v) is 4.04. The van der Waals surface area contributed by atoms with Gasteiger partial charge in [0.2, 0.25) is 0 Å². The summed E-state index contributed by atoms with van der Waals surface area (Å²) in [5.41, 5.74) is 0.309. The van der Waals surface area contributed by atoms with Gasteiger partial charge in [-0.25, -0.2) is 4.79 Å². The molecule has 4 heteroatoms. The molecule has 0 aromatic rings. The van der Waals surface area contributed by atoms with Crippen LogP contribution >= 0.6 is 12.4 Å². The highest BCUT2D eigenvalue weighted by Crippen LogP contribution is 2.04. The molecule has 0 aromatic carbocycles. The molecule has 0 aliphatic rings. The van der Waals surface area contributed by atoms with E-state index >= 15 is 0 Å². The summed E-state index contributed by atoms with van der Waals surface area (Å²) in [5.74, 6) is -0.878. The molecule has 0 fully saturated rings. The van der Waals surface area contributed by atoms with Crippen molar-refractivity contribution < 1.29 is 14.4 Å². The molecule has 0 rings (SSSR count). The molecule has 0 atom stereocenters. The predicted molar refractivity (Wildman–Crippen MR) is 56.2 cm³/mol. The third kappa shape index (κ3) is 9.37. The van der Waals surface area contributed by atoms with Crippen LogP contribution in [-0.2, 0) is 4.79 Å². The Hall–Kier alpha value is -0.540. The van der Waals surface area contributed by atoms with Crippen molar-refractivity contribution >= 4 is 18.4 Å². The number of carboxylic acids is 1. The molecule has 0 bridgehead atoms. The Bertz CT molecular complexity index is 185. The topological polar surface area (TPSA) is 37.3 Å². The number of carboxylic acid groups (broad SMARTS) is 1. The molecular weight excluding hydrogens is 190 g/mol. The van der Waals surface area contributed by atoms with Gasteiger partial charge in [0.05, 0.1) is 27.7 Å². The van der Waals surface area contributed by atoms with Gasteiger partial charge in [-0.2, -0.15) is 0 Å². The number of aliphatic carboxylic acids is 1. The van der Waals surface area contributed by atoms with Gasteiger partial charge in [0.15, 0.2) is 0 Å². The highest BCUT2D eigenvalue weighted by Gasteiger charge is 2.08. The quantitative estimate of drug-likeness (QED) is 0.550. The Kier molecular flexibility index (Phi) is 6.90. The molecule has 0 spiro atoms. The van der Waals surface area contributed by atoms with Crippen molar-refractivity contribution in [3.63, 3.8) is 0 Å². The smallest absolute Gasteiger partial charge is 0.330 e. The zero-order valence-corrected chi connectivity index (χ0v) is 9.36. The summed E-state index contributed by atoms with van der Waals surface area (Å²) in [6.07, 6.45) is 1.47. The molecule has 0 heterocycles. The number of quaternary nitrogens is 1. The van der Waals surface area contributed by atoms with Crippen LogP contribution in [0.4, 0.5) is 0 Å². The van der Waals surface area contributed by atoms with E-state index in [1.807, 2.05) is 0 Å². The molecule has 0 radical (unpaired) electrons. The average Bonchev–Trinajstić information content (AvgIpc) is 1.84. The number of hydrogen-bond acceptors (Lipinski definition) is 1. The molecule has 78 valence electrons. The van der Waals surface area contributed by atoms with E-state index in [1.54, 1.807) is 0 Å². The summed E-state index contributed by atoms with van der Waals surface area (Å²) in [4.78, 5) is 10.4. The molecule has 0 aliphatic heterocycles. The van der Waals surface area contributed by atoms with Gasteiger partial charge >= 0.3 is 5.97 Å². The minimum absolute atomic E-state index is 0. The van der Waals surface area contributed by atoms with Crippen molar-refractivity contribution in [3.05, 3.63) is 12.2 Å². The maximum absolute atomic E-state index is 10.4. The van der Waals surface area contributed by atoms with Gasteiger partial charge in [-0.3, -0.25) is 0 Å². The molecule has 0 saturated heterocycles. The fourth-order valence-corrected chi connectivity index (χ4v) is 0.874. The summed E-state index contributed by atoms with van der Waals surface area (Å²) in [6, 6.07) is 0. The first-order chi connectivity index (χ1) is 5.33. The van der Waals surface area contributed by atoms with Crippen molar-refractivity contribution in [2.75, 3.05) is 27.7 Å². The zero-order chi connectivity index (χ0) is 9.78. The highest BCUT2D eigenvalue weighted by molar-refractivity contribution is 5.85. The van der Waals surface area contributed by atoms with Crippen LogP contribution in [0.5, 0.6) is 0 Å². The van der Waals surface area contributed by atoms with Crippen molar-refractivity contribution in [2.24, 2.45) is 0 Å². The van der Waals surface area contributed by atoms with Crippen LogP contribution in [0.2, 0.25) is 0 Å². The molecule has 13 heavy (non-hydrogen) atoms. The van der Waals surface area contributed by atoms with Gasteiger partial charge in [-0.1, -0.05) is 6.58 Å². The fourth-order valence-electron chi connectivity index (χ4n) is 0.874. The van der Waals surface area contributed by atoms with Gasteiger partial charge < -0.3 is 9.59 Å². The summed E-state index contributed by atoms with van der Waals surface area (Å²) >= 11 is 0. The maximum atomic E-state index is 10.4. The van der Waals surface area contributed by atoms with Crippen molar-refractivity contribution in [1.82, 2.24) is 0 Å². The van der Waals surface area contributed by atoms with E-state index in [0.29, 0.717) is 12.0 Å². The average molecular weight is 209 g/mol. The Morgan fingerprint density at radius 2 is 1.85 bits per heavy atom. The molecule has 1 N–H and O–H groups in total. The van der Waals surface area contributed by atoms with Gasteiger partial charge in [0.25, 0.3) is 0 Å².